The van der Waals surface area contributed by atoms with Crippen LogP contribution in [0, 0.1) is 0 Å². The van der Waals surface area contributed by atoms with Gasteiger partial charge in [-0.3, -0.25) is 14.6 Å². The third-order valence-corrected chi connectivity index (χ3v) is 6.87. The predicted molar refractivity (Wildman–Crippen MR) is 136 cm³/mol. The van der Waals surface area contributed by atoms with Crippen LogP contribution in [0.5, 0.6) is 5.75 Å². The number of pyridine rings is 1. The van der Waals surface area contributed by atoms with E-state index in [0.717, 1.165) is 22.5 Å². The minimum absolute atomic E-state index is 0.0629. The number of amides is 2. The zero-order valence-corrected chi connectivity index (χ0v) is 20.5. The van der Waals surface area contributed by atoms with Crippen LogP contribution in [0.25, 0.3) is 10.9 Å². The Morgan fingerprint density at radius 2 is 1.79 bits per heavy atom. The lowest BCUT2D eigenvalue weighted by Crippen LogP contribution is -2.38. The highest BCUT2D eigenvalue weighted by Crippen LogP contribution is 2.32. The molecular formula is C28H25F3N4O3. The number of nitrogens with one attached hydrogen (secondary N) is 2. The van der Waals surface area contributed by atoms with Crippen LogP contribution in [-0.4, -0.2) is 46.9 Å². The highest BCUT2D eigenvalue weighted by molar-refractivity contribution is 6.13. The summed E-state index contributed by atoms with van der Waals surface area (Å²) >= 11 is 0. The van der Waals surface area contributed by atoms with Gasteiger partial charge in [-0.25, -0.2) is 0 Å². The summed E-state index contributed by atoms with van der Waals surface area (Å²) in [5.41, 5.74) is 2.08. The Morgan fingerprint density at radius 1 is 1.05 bits per heavy atom. The number of piperidine rings is 1. The number of hydrogen-bond donors (Lipinski definition) is 2. The van der Waals surface area contributed by atoms with Crippen molar-refractivity contribution >= 4 is 28.4 Å². The van der Waals surface area contributed by atoms with Crippen molar-refractivity contribution in [3.8, 4) is 5.75 Å². The summed E-state index contributed by atoms with van der Waals surface area (Å²) in [6.07, 6.45) is 0.363. The van der Waals surface area contributed by atoms with E-state index >= 15 is 0 Å². The van der Waals surface area contributed by atoms with E-state index in [1.54, 1.807) is 18.2 Å². The molecule has 3 heterocycles. The molecule has 7 nitrogen and oxygen atoms in total. The van der Waals surface area contributed by atoms with E-state index in [2.05, 4.69) is 15.3 Å². The second-order valence-electron chi connectivity index (χ2n) is 9.22. The van der Waals surface area contributed by atoms with Crippen molar-refractivity contribution in [3.63, 3.8) is 0 Å². The van der Waals surface area contributed by atoms with Crippen LogP contribution in [-0.2, 0) is 6.18 Å². The fourth-order valence-electron chi connectivity index (χ4n) is 4.76. The first-order valence-electron chi connectivity index (χ1n) is 12.1. The van der Waals surface area contributed by atoms with Crippen molar-refractivity contribution in [1.29, 1.82) is 0 Å². The van der Waals surface area contributed by atoms with Gasteiger partial charge in [-0.15, -0.1) is 0 Å². The van der Waals surface area contributed by atoms with Crippen LogP contribution in [0.2, 0.25) is 0 Å². The van der Waals surface area contributed by atoms with E-state index in [1.807, 2.05) is 42.5 Å². The van der Waals surface area contributed by atoms with E-state index in [9.17, 15) is 22.8 Å². The number of methoxy groups -OCH3 is 1. The maximum atomic E-state index is 13.0. The van der Waals surface area contributed by atoms with Gasteiger partial charge >= 0.3 is 6.18 Å². The van der Waals surface area contributed by atoms with Gasteiger partial charge < -0.3 is 19.9 Å². The number of halogens is 3. The molecule has 1 aliphatic heterocycles. The SMILES string of the molecule is COc1ccc2[nH]cc(C(=O)Nc3ccc(C4CCN(C(=O)c5cncc(C(F)(F)F)c5)CC4)cc3)c2c1. The van der Waals surface area contributed by atoms with Crippen LogP contribution in [0.1, 0.15) is 50.6 Å². The van der Waals surface area contributed by atoms with Crippen molar-refractivity contribution in [2.24, 2.45) is 0 Å². The number of rotatable bonds is 5. The molecular weight excluding hydrogens is 497 g/mol. The van der Waals surface area contributed by atoms with E-state index in [0.29, 0.717) is 49.1 Å². The van der Waals surface area contributed by atoms with Crippen molar-refractivity contribution < 1.29 is 27.5 Å². The number of aromatic amines is 1. The highest BCUT2D eigenvalue weighted by atomic mass is 19.4. The summed E-state index contributed by atoms with van der Waals surface area (Å²) in [5.74, 6) is 0.169. The van der Waals surface area contributed by atoms with Gasteiger partial charge in [-0.05, 0) is 60.7 Å². The van der Waals surface area contributed by atoms with Gasteiger partial charge in [0, 0.05) is 48.3 Å². The first-order valence-corrected chi connectivity index (χ1v) is 12.1. The standard InChI is InChI=1S/C28H25F3N4O3/c1-38-22-6-7-25-23(13-22)24(16-33-25)26(36)34-21-4-2-17(3-5-21)18-8-10-35(11-9-18)27(37)19-12-20(15-32-14-19)28(29,30)31/h2-7,12-16,18,33H,8-11H2,1H3,(H,34,36). The Bertz CT molecular complexity index is 1470. The molecule has 2 amide bonds. The molecule has 2 aromatic carbocycles. The second-order valence-corrected chi connectivity index (χ2v) is 9.22. The van der Waals surface area contributed by atoms with Crippen LogP contribution in [0.3, 0.4) is 0 Å². The molecule has 196 valence electrons. The summed E-state index contributed by atoms with van der Waals surface area (Å²) < 4.78 is 44.2. The molecule has 1 fully saturated rings. The van der Waals surface area contributed by atoms with Gasteiger partial charge in [0.2, 0.25) is 0 Å². The van der Waals surface area contributed by atoms with E-state index in [4.69, 9.17) is 4.74 Å². The third-order valence-electron chi connectivity index (χ3n) is 6.87. The van der Waals surface area contributed by atoms with E-state index < -0.39 is 17.6 Å². The lowest BCUT2D eigenvalue weighted by molar-refractivity contribution is -0.137. The van der Waals surface area contributed by atoms with Crippen molar-refractivity contribution in [2.75, 3.05) is 25.5 Å². The minimum atomic E-state index is -4.55. The number of aromatic nitrogens is 2. The van der Waals surface area contributed by atoms with Crippen molar-refractivity contribution in [1.82, 2.24) is 14.9 Å². The van der Waals surface area contributed by atoms with Gasteiger partial charge in [0.1, 0.15) is 5.75 Å². The number of alkyl halides is 3. The number of nitrogens with zero attached hydrogens (tertiary/aromatic N) is 2. The Hall–Kier alpha value is -4.34. The second kappa shape index (κ2) is 10.2. The average molecular weight is 523 g/mol. The number of hydrogen-bond acceptors (Lipinski definition) is 4. The topological polar surface area (TPSA) is 87.3 Å². The Kier molecular flexibility index (Phi) is 6.79. The smallest absolute Gasteiger partial charge is 0.417 e. The fraction of sp³-hybridized carbons (Fsp3) is 0.250. The molecule has 0 atom stereocenters. The number of benzene rings is 2. The maximum absolute atomic E-state index is 13.0. The molecule has 1 saturated heterocycles. The van der Waals surface area contributed by atoms with Gasteiger partial charge in [-0.2, -0.15) is 13.2 Å². The molecule has 0 aliphatic carbocycles. The van der Waals surface area contributed by atoms with Gasteiger partial charge in [-0.1, -0.05) is 12.1 Å². The molecule has 2 aromatic heterocycles. The molecule has 1 aliphatic rings. The molecule has 10 heteroatoms. The number of carbonyl (C=O) groups excluding carboxylic acids is 2. The van der Waals surface area contributed by atoms with Crippen LogP contribution >= 0.6 is 0 Å². The average Bonchev–Trinajstić information content (AvgIpc) is 3.36. The Balaban J connectivity index is 1.20. The number of ether oxygens (including phenoxy) is 1. The first-order chi connectivity index (χ1) is 18.2. The number of fused-ring (bicyclic) bond motifs is 1. The monoisotopic (exact) mass is 522 g/mol. The summed E-state index contributed by atoms with van der Waals surface area (Å²) in [5, 5.41) is 3.69. The molecule has 0 saturated carbocycles. The number of anilines is 1. The minimum Gasteiger partial charge on any atom is -0.497 e. The zero-order chi connectivity index (χ0) is 26.9. The third kappa shape index (κ3) is 5.20. The predicted octanol–water partition coefficient (Wildman–Crippen LogP) is 5.86. The van der Waals surface area contributed by atoms with Gasteiger partial charge in [0.15, 0.2) is 0 Å². The first kappa shape index (κ1) is 25.3. The molecule has 0 radical (unpaired) electrons. The summed E-state index contributed by atoms with van der Waals surface area (Å²) in [6.45, 7) is 0.866. The Morgan fingerprint density at radius 3 is 2.47 bits per heavy atom. The molecule has 38 heavy (non-hydrogen) atoms. The highest BCUT2D eigenvalue weighted by Gasteiger charge is 2.32. The van der Waals surface area contributed by atoms with Gasteiger partial charge in [0.05, 0.1) is 23.8 Å². The van der Waals surface area contributed by atoms with Gasteiger partial charge in [0.25, 0.3) is 11.8 Å². The maximum Gasteiger partial charge on any atom is 0.417 e. The van der Waals surface area contributed by atoms with Crippen LogP contribution in [0.4, 0.5) is 18.9 Å². The molecule has 0 spiro atoms. The lowest BCUT2D eigenvalue weighted by Gasteiger charge is -2.32. The molecule has 0 unspecified atom stereocenters. The zero-order valence-electron chi connectivity index (χ0n) is 20.5. The quantitative estimate of drug-likeness (QED) is 0.344. The molecule has 0 bridgehead atoms. The van der Waals surface area contributed by atoms with Crippen LogP contribution < -0.4 is 10.1 Å². The molecule has 5 rings (SSSR count). The van der Waals surface area contributed by atoms with E-state index in [1.165, 1.54) is 6.20 Å². The largest absolute Gasteiger partial charge is 0.497 e. The fourth-order valence-corrected chi connectivity index (χ4v) is 4.76. The molecule has 4 aromatic rings. The number of carbonyl (C=O) groups is 2. The summed E-state index contributed by atoms with van der Waals surface area (Å²) in [4.78, 5) is 33.9. The normalized spacial score (nSPS) is 14.5. The Labute approximate surface area is 216 Å². The summed E-state index contributed by atoms with van der Waals surface area (Å²) in [7, 11) is 1.57. The number of H-pyrrole nitrogens is 1. The van der Waals surface area contributed by atoms with Crippen molar-refractivity contribution in [2.45, 2.75) is 24.9 Å². The lowest BCUT2D eigenvalue weighted by atomic mass is 9.89. The number of likely N-dealkylation sites (tertiary alicyclic amines) is 1. The van der Waals surface area contributed by atoms with E-state index in [-0.39, 0.29) is 17.4 Å². The molecule has 2 N–H and O–H groups in total. The van der Waals surface area contributed by atoms with Crippen LogP contribution in [0.15, 0.2) is 67.1 Å². The van der Waals surface area contributed by atoms with Crippen molar-refractivity contribution in [3.05, 3.63) is 89.4 Å². The summed E-state index contributed by atoms with van der Waals surface area (Å²) in [6, 6.07) is 13.9.